The van der Waals surface area contributed by atoms with Gasteiger partial charge in [0.05, 0.1) is 17.2 Å². The third-order valence-corrected chi connectivity index (χ3v) is 2.98. The van der Waals surface area contributed by atoms with Crippen LogP contribution in [0, 0.1) is 18.3 Å². The van der Waals surface area contributed by atoms with E-state index in [1.54, 1.807) is 42.5 Å². The Morgan fingerprint density at radius 2 is 1.95 bits per heavy atom. The zero-order valence-corrected chi connectivity index (χ0v) is 11.1. The van der Waals surface area contributed by atoms with Crippen LogP contribution in [0.2, 0.25) is 0 Å². The molecule has 0 atom stereocenters. The topological polar surface area (TPSA) is 76.1 Å². The first-order valence-electron chi connectivity index (χ1n) is 6.12. The van der Waals surface area contributed by atoms with Crippen molar-refractivity contribution in [2.75, 3.05) is 5.73 Å². The van der Waals surface area contributed by atoms with Crippen LogP contribution in [0.5, 0.6) is 0 Å². The molecule has 0 aliphatic carbocycles. The average molecular weight is 266 g/mol. The molecule has 2 N–H and O–H groups in total. The number of aryl methyl sites for hydroxylation is 1. The highest BCUT2D eigenvalue weighted by atomic mass is 16.5. The monoisotopic (exact) mass is 266 g/mol. The number of rotatable bonds is 3. The number of esters is 1. The minimum absolute atomic E-state index is 0.181. The van der Waals surface area contributed by atoms with Gasteiger partial charge in [-0.3, -0.25) is 0 Å². The molecule has 0 spiro atoms. The van der Waals surface area contributed by atoms with Crippen molar-refractivity contribution < 1.29 is 9.53 Å². The zero-order chi connectivity index (χ0) is 14.5. The van der Waals surface area contributed by atoms with Gasteiger partial charge in [-0.05, 0) is 54.4 Å². The second kappa shape index (κ2) is 5.89. The maximum absolute atomic E-state index is 11.8. The van der Waals surface area contributed by atoms with Gasteiger partial charge in [0.2, 0.25) is 0 Å². The summed E-state index contributed by atoms with van der Waals surface area (Å²) in [6.07, 6.45) is 0. The van der Waals surface area contributed by atoms with Crippen molar-refractivity contribution in [1.82, 2.24) is 0 Å². The minimum Gasteiger partial charge on any atom is -0.457 e. The van der Waals surface area contributed by atoms with Crippen molar-refractivity contribution in [1.29, 1.82) is 5.26 Å². The molecule has 20 heavy (non-hydrogen) atoms. The van der Waals surface area contributed by atoms with E-state index in [-0.39, 0.29) is 6.61 Å². The maximum Gasteiger partial charge on any atom is 0.338 e. The summed E-state index contributed by atoms with van der Waals surface area (Å²) in [5.41, 5.74) is 9.03. The molecular weight excluding hydrogens is 252 g/mol. The molecule has 4 heteroatoms. The van der Waals surface area contributed by atoms with Crippen LogP contribution in [0.15, 0.2) is 42.5 Å². The van der Waals surface area contributed by atoms with Crippen LogP contribution in [0.25, 0.3) is 0 Å². The fourth-order valence-corrected chi connectivity index (χ4v) is 1.77. The summed E-state index contributed by atoms with van der Waals surface area (Å²) in [6.45, 7) is 2.06. The molecule has 0 fully saturated rings. The van der Waals surface area contributed by atoms with Crippen LogP contribution >= 0.6 is 0 Å². The van der Waals surface area contributed by atoms with Crippen molar-refractivity contribution in [2.45, 2.75) is 13.5 Å². The lowest BCUT2D eigenvalue weighted by Gasteiger charge is -2.08. The Balaban J connectivity index is 2.04. The number of nitrogens with zero attached hydrogens (tertiary/aromatic N) is 1. The summed E-state index contributed by atoms with van der Waals surface area (Å²) in [5.74, 6) is -0.395. The van der Waals surface area contributed by atoms with Crippen molar-refractivity contribution in [3.63, 3.8) is 0 Å². The van der Waals surface area contributed by atoms with Gasteiger partial charge in [-0.25, -0.2) is 4.79 Å². The molecule has 0 heterocycles. The number of nitriles is 1. The van der Waals surface area contributed by atoms with E-state index in [2.05, 4.69) is 6.07 Å². The molecule has 0 saturated heterocycles. The van der Waals surface area contributed by atoms with Gasteiger partial charge < -0.3 is 10.5 Å². The molecule has 0 saturated carbocycles. The quantitative estimate of drug-likeness (QED) is 0.684. The highest BCUT2D eigenvalue weighted by Gasteiger charge is 2.08. The summed E-state index contributed by atoms with van der Waals surface area (Å²) in [4.78, 5) is 11.8. The van der Waals surface area contributed by atoms with Crippen LogP contribution in [0.3, 0.4) is 0 Å². The molecule has 2 rings (SSSR count). The Kier molecular flexibility index (Phi) is 4.02. The highest BCUT2D eigenvalue weighted by Crippen LogP contribution is 2.13. The molecule has 0 amide bonds. The number of hydrogen-bond donors (Lipinski definition) is 1. The van der Waals surface area contributed by atoms with Crippen LogP contribution in [-0.2, 0) is 11.3 Å². The van der Waals surface area contributed by atoms with Gasteiger partial charge in [-0.1, -0.05) is 6.07 Å². The first-order chi connectivity index (χ1) is 9.60. The van der Waals surface area contributed by atoms with Gasteiger partial charge in [0.15, 0.2) is 0 Å². The molecule has 2 aromatic rings. The number of nitrogens with two attached hydrogens (primary N) is 1. The number of carbonyl (C=O) groups is 1. The van der Waals surface area contributed by atoms with E-state index in [0.29, 0.717) is 16.8 Å². The summed E-state index contributed by atoms with van der Waals surface area (Å²) >= 11 is 0. The lowest BCUT2D eigenvalue weighted by atomic mass is 10.1. The Morgan fingerprint density at radius 1 is 1.25 bits per heavy atom. The van der Waals surface area contributed by atoms with E-state index in [0.717, 1.165) is 11.1 Å². The molecule has 0 aromatic heterocycles. The van der Waals surface area contributed by atoms with E-state index < -0.39 is 5.97 Å². The third kappa shape index (κ3) is 3.15. The largest absolute Gasteiger partial charge is 0.457 e. The van der Waals surface area contributed by atoms with E-state index in [9.17, 15) is 4.79 Å². The van der Waals surface area contributed by atoms with Crippen molar-refractivity contribution in [3.05, 3.63) is 64.7 Å². The van der Waals surface area contributed by atoms with E-state index >= 15 is 0 Å². The molecular formula is C16H14N2O2. The Labute approximate surface area is 117 Å². The Bertz CT molecular complexity index is 670. The zero-order valence-electron chi connectivity index (χ0n) is 11.1. The predicted octanol–water partition coefficient (Wildman–Crippen LogP) is 2.81. The molecule has 0 bridgehead atoms. The number of benzene rings is 2. The van der Waals surface area contributed by atoms with Crippen molar-refractivity contribution in [2.24, 2.45) is 0 Å². The smallest absolute Gasteiger partial charge is 0.338 e. The van der Waals surface area contributed by atoms with Crippen molar-refractivity contribution >= 4 is 11.7 Å². The lowest BCUT2D eigenvalue weighted by molar-refractivity contribution is 0.0472. The van der Waals surface area contributed by atoms with Crippen LogP contribution < -0.4 is 5.73 Å². The molecule has 0 radical (unpaired) electrons. The van der Waals surface area contributed by atoms with Gasteiger partial charge in [-0.15, -0.1) is 0 Å². The van der Waals surface area contributed by atoms with Crippen LogP contribution in [0.4, 0.5) is 5.69 Å². The van der Waals surface area contributed by atoms with Gasteiger partial charge >= 0.3 is 5.97 Å². The first-order valence-corrected chi connectivity index (χ1v) is 6.12. The average Bonchev–Trinajstić information content (AvgIpc) is 2.46. The fraction of sp³-hybridized carbons (Fsp3) is 0.125. The number of carbonyl (C=O) groups excluding carboxylic acids is 1. The lowest BCUT2D eigenvalue weighted by Crippen LogP contribution is -2.06. The maximum atomic E-state index is 11.8. The number of nitrogen functional groups attached to an aromatic ring is 1. The third-order valence-electron chi connectivity index (χ3n) is 2.98. The van der Waals surface area contributed by atoms with E-state index in [4.69, 9.17) is 15.7 Å². The molecule has 100 valence electrons. The molecule has 2 aromatic carbocycles. The fourth-order valence-electron chi connectivity index (χ4n) is 1.77. The van der Waals surface area contributed by atoms with Gasteiger partial charge in [0, 0.05) is 5.69 Å². The van der Waals surface area contributed by atoms with Gasteiger partial charge in [0.25, 0.3) is 0 Å². The Morgan fingerprint density at radius 3 is 2.55 bits per heavy atom. The number of anilines is 1. The summed E-state index contributed by atoms with van der Waals surface area (Å²) in [5, 5.41) is 8.80. The highest BCUT2D eigenvalue weighted by molar-refractivity contribution is 5.89. The number of ether oxygens (including phenoxy) is 1. The second-order valence-electron chi connectivity index (χ2n) is 4.45. The summed E-state index contributed by atoms with van der Waals surface area (Å²) < 4.78 is 5.25. The molecule has 4 nitrogen and oxygen atoms in total. The molecule has 0 aliphatic rings. The van der Waals surface area contributed by atoms with E-state index in [1.807, 2.05) is 6.92 Å². The van der Waals surface area contributed by atoms with Crippen LogP contribution in [-0.4, -0.2) is 5.97 Å². The molecule has 0 aliphatic heterocycles. The van der Waals surface area contributed by atoms with Gasteiger partial charge in [-0.2, -0.15) is 5.26 Å². The normalized spacial score (nSPS) is 9.80. The molecule has 0 unspecified atom stereocenters. The minimum atomic E-state index is -0.395. The SMILES string of the molecule is Cc1cc(C#N)ccc1COC(=O)c1ccc(N)cc1. The summed E-state index contributed by atoms with van der Waals surface area (Å²) in [6, 6.07) is 13.9. The Hall–Kier alpha value is -2.80. The van der Waals surface area contributed by atoms with Gasteiger partial charge in [0.1, 0.15) is 6.61 Å². The van der Waals surface area contributed by atoms with Crippen molar-refractivity contribution in [3.8, 4) is 6.07 Å². The van der Waals surface area contributed by atoms with Crippen LogP contribution in [0.1, 0.15) is 27.0 Å². The number of hydrogen-bond acceptors (Lipinski definition) is 4. The standard InChI is InChI=1S/C16H14N2O2/c1-11-8-12(9-17)2-3-14(11)10-20-16(19)13-4-6-15(18)7-5-13/h2-8H,10,18H2,1H3. The second-order valence-corrected chi connectivity index (χ2v) is 4.45. The van der Waals surface area contributed by atoms with E-state index in [1.165, 1.54) is 0 Å². The summed E-state index contributed by atoms with van der Waals surface area (Å²) in [7, 11) is 0. The predicted molar refractivity (Wildman–Crippen MR) is 75.9 cm³/mol. The first kappa shape index (κ1) is 13.6.